The fourth-order valence-electron chi connectivity index (χ4n) is 3.82. The summed E-state index contributed by atoms with van der Waals surface area (Å²) in [6.07, 6.45) is 1.20. The van der Waals surface area contributed by atoms with E-state index >= 15 is 0 Å². The van der Waals surface area contributed by atoms with E-state index in [4.69, 9.17) is 0 Å². The molecule has 1 saturated heterocycles. The monoisotopic (exact) mass is 493 g/mol. The average Bonchev–Trinajstić information content (AvgIpc) is 3.40. The highest BCUT2D eigenvalue weighted by Gasteiger charge is 2.36. The van der Waals surface area contributed by atoms with Gasteiger partial charge in [0.05, 0.1) is 23.2 Å². The zero-order valence-electron chi connectivity index (χ0n) is 17.8. The van der Waals surface area contributed by atoms with Gasteiger partial charge < -0.3 is 4.90 Å². The maximum Gasteiger partial charge on any atom is 0.252 e. The summed E-state index contributed by atoms with van der Waals surface area (Å²) >= 11 is 2.74. The molecule has 1 amide bonds. The number of nitrogens with zero attached hydrogens (tertiary/aromatic N) is 3. The molecule has 0 radical (unpaired) electrons. The summed E-state index contributed by atoms with van der Waals surface area (Å²) in [4.78, 5) is 20.6. The van der Waals surface area contributed by atoms with Crippen LogP contribution in [0.5, 0.6) is 0 Å². The Kier molecular flexibility index (Phi) is 6.75. The number of piperidine rings is 1. The zero-order chi connectivity index (χ0) is 22.9. The lowest BCUT2D eigenvalue weighted by atomic mass is 9.97. The predicted octanol–water partition coefficient (Wildman–Crippen LogP) is 4.59. The highest BCUT2D eigenvalue weighted by molar-refractivity contribution is 7.91. The van der Waals surface area contributed by atoms with E-state index in [0.29, 0.717) is 29.3 Å². The fraction of sp³-hybridized carbons (Fsp3) is 0.364. The van der Waals surface area contributed by atoms with Crippen molar-refractivity contribution in [1.82, 2.24) is 9.29 Å². The van der Waals surface area contributed by atoms with Crippen LogP contribution in [0.25, 0.3) is 0 Å². The SMILES string of the molecule is Cc1ccc(S(=O)(=O)N2CCCC(C(=O)N(Cc3csc(C)n3)c3ccc(F)cc3)C2)s1. The van der Waals surface area contributed by atoms with Crippen LogP contribution in [0.2, 0.25) is 0 Å². The molecule has 0 bridgehead atoms. The smallest absolute Gasteiger partial charge is 0.252 e. The molecule has 1 aromatic carbocycles. The van der Waals surface area contributed by atoms with E-state index in [1.807, 2.05) is 19.2 Å². The van der Waals surface area contributed by atoms with Crippen LogP contribution in [-0.4, -0.2) is 36.7 Å². The van der Waals surface area contributed by atoms with E-state index in [0.717, 1.165) is 15.6 Å². The van der Waals surface area contributed by atoms with Gasteiger partial charge in [-0.1, -0.05) is 0 Å². The van der Waals surface area contributed by atoms with E-state index in [2.05, 4.69) is 4.98 Å². The van der Waals surface area contributed by atoms with Gasteiger partial charge in [0.1, 0.15) is 10.0 Å². The predicted molar refractivity (Wildman–Crippen MR) is 125 cm³/mol. The molecule has 170 valence electrons. The van der Waals surface area contributed by atoms with Crippen LogP contribution in [0.1, 0.15) is 28.4 Å². The number of carbonyl (C=O) groups is 1. The molecule has 10 heteroatoms. The number of aryl methyl sites for hydroxylation is 2. The molecule has 1 atom stereocenters. The van der Waals surface area contributed by atoms with E-state index in [1.54, 1.807) is 29.2 Å². The summed E-state index contributed by atoms with van der Waals surface area (Å²) in [5, 5.41) is 2.79. The van der Waals surface area contributed by atoms with Crippen molar-refractivity contribution in [3.8, 4) is 0 Å². The third-order valence-electron chi connectivity index (χ3n) is 5.43. The van der Waals surface area contributed by atoms with E-state index in [9.17, 15) is 17.6 Å². The molecule has 1 fully saturated rings. The molecule has 1 aliphatic heterocycles. The fourth-order valence-corrected chi connectivity index (χ4v) is 7.39. The Balaban J connectivity index is 1.59. The molecule has 0 aliphatic carbocycles. The number of aromatic nitrogens is 1. The van der Waals surface area contributed by atoms with Crippen LogP contribution >= 0.6 is 22.7 Å². The molecule has 1 unspecified atom stereocenters. The summed E-state index contributed by atoms with van der Waals surface area (Å²) in [6, 6.07) is 9.18. The van der Waals surface area contributed by atoms with Crippen molar-refractivity contribution in [3.05, 3.63) is 63.2 Å². The van der Waals surface area contributed by atoms with Gasteiger partial charge in [-0.2, -0.15) is 4.31 Å². The minimum absolute atomic E-state index is 0.131. The molecule has 0 N–H and O–H groups in total. The van der Waals surface area contributed by atoms with E-state index in [-0.39, 0.29) is 24.8 Å². The van der Waals surface area contributed by atoms with Crippen LogP contribution in [-0.2, 0) is 21.4 Å². The first kappa shape index (κ1) is 23.0. The number of anilines is 1. The normalized spacial score (nSPS) is 17.4. The summed E-state index contributed by atoms with van der Waals surface area (Å²) in [5.41, 5.74) is 1.32. The Morgan fingerprint density at radius 1 is 1.22 bits per heavy atom. The highest BCUT2D eigenvalue weighted by Crippen LogP contribution is 2.30. The highest BCUT2D eigenvalue weighted by atomic mass is 32.2. The van der Waals surface area contributed by atoms with Crippen molar-refractivity contribution < 1.29 is 17.6 Å². The van der Waals surface area contributed by atoms with Crippen LogP contribution in [0.15, 0.2) is 46.0 Å². The van der Waals surface area contributed by atoms with E-state index < -0.39 is 15.9 Å². The van der Waals surface area contributed by atoms with Crippen molar-refractivity contribution in [2.45, 2.75) is 37.4 Å². The van der Waals surface area contributed by atoms with Crippen LogP contribution < -0.4 is 4.90 Å². The van der Waals surface area contributed by atoms with Crippen molar-refractivity contribution in [1.29, 1.82) is 0 Å². The Hall–Kier alpha value is -2.14. The van der Waals surface area contributed by atoms with E-state index in [1.165, 1.54) is 39.1 Å². The number of sulfonamides is 1. The number of halogens is 1. The van der Waals surface area contributed by atoms with Crippen LogP contribution in [0.4, 0.5) is 10.1 Å². The summed E-state index contributed by atoms with van der Waals surface area (Å²) in [7, 11) is -3.64. The van der Waals surface area contributed by atoms with Gasteiger partial charge in [-0.05, 0) is 63.1 Å². The molecule has 3 aromatic rings. The second-order valence-corrected chi connectivity index (χ2v) is 12.3. The first-order valence-corrected chi connectivity index (χ1v) is 13.4. The number of thiazole rings is 1. The molecule has 6 nitrogen and oxygen atoms in total. The first-order valence-electron chi connectivity index (χ1n) is 10.3. The molecule has 3 heterocycles. The van der Waals surface area contributed by atoms with Gasteiger partial charge >= 0.3 is 0 Å². The summed E-state index contributed by atoms with van der Waals surface area (Å²) < 4.78 is 41.4. The Bertz CT molecular complexity index is 1200. The average molecular weight is 494 g/mol. The van der Waals surface area contributed by atoms with Crippen molar-refractivity contribution >= 4 is 44.3 Å². The lowest BCUT2D eigenvalue weighted by Gasteiger charge is -2.34. The number of thiophene rings is 1. The molecule has 1 aliphatic rings. The first-order chi connectivity index (χ1) is 15.2. The van der Waals surface area contributed by atoms with Gasteiger partial charge in [-0.15, -0.1) is 22.7 Å². The molecule has 0 spiro atoms. The number of rotatable bonds is 6. The van der Waals surface area contributed by atoms with Crippen LogP contribution in [0, 0.1) is 25.6 Å². The number of benzene rings is 1. The van der Waals surface area contributed by atoms with Gasteiger partial charge in [0.25, 0.3) is 10.0 Å². The topological polar surface area (TPSA) is 70.6 Å². The Morgan fingerprint density at radius 2 is 1.97 bits per heavy atom. The zero-order valence-corrected chi connectivity index (χ0v) is 20.3. The second-order valence-electron chi connectivity index (χ2n) is 7.83. The minimum Gasteiger partial charge on any atom is -0.306 e. The van der Waals surface area contributed by atoms with Gasteiger partial charge in [-0.25, -0.2) is 17.8 Å². The molecule has 32 heavy (non-hydrogen) atoms. The largest absolute Gasteiger partial charge is 0.306 e. The molecule has 4 rings (SSSR count). The lowest BCUT2D eigenvalue weighted by molar-refractivity contribution is -0.123. The molecular formula is C22H24FN3O3S3. The van der Waals surface area contributed by atoms with Gasteiger partial charge in [0.2, 0.25) is 5.91 Å². The van der Waals surface area contributed by atoms with Crippen molar-refractivity contribution in [3.63, 3.8) is 0 Å². The second kappa shape index (κ2) is 9.38. The third-order valence-corrected chi connectivity index (χ3v) is 9.59. The summed E-state index contributed by atoms with van der Waals surface area (Å²) in [5.74, 6) is -1.04. The number of carbonyl (C=O) groups excluding carboxylic acids is 1. The summed E-state index contributed by atoms with van der Waals surface area (Å²) in [6.45, 7) is 4.54. The Labute approximate surface area is 195 Å². The lowest BCUT2D eigenvalue weighted by Crippen LogP contribution is -2.46. The Morgan fingerprint density at radius 3 is 2.59 bits per heavy atom. The van der Waals surface area contributed by atoms with Gasteiger partial charge in [0.15, 0.2) is 0 Å². The maximum atomic E-state index is 13.6. The number of hydrogen-bond acceptors (Lipinski definition) is 6. The van der Waals surface area contributed by atoms with Gasteiger partial charge in [0, 0.05) is 29.0 Å². The number of amides is 1. The van der Waals surface area contributed by atoms with Crippen molar-refractivity contribution in [2.24, 2.45) is 5.92 Å². The minimum atomic E-state index is -3.64. The molecule has 0 saturated carbocycles. The number of hydrogen-bond donors (Lipinski definition) is 0. The van der Waals surface area contributed by atoms with Crippen molar-refractivity contribution in [2.75, 3.05) is 18.0 Å². The molecular weight excluding hydrogens is 469 g/mol. The van der Waals surface area contributed by atoms with Crippen LogP contribution in [0.3, 0.4) is 0 Å². The third kappa shape index (κ3) is 4.93. The molecule has 2 aromatic heterocycles. The maximum absolute atomic E-state index is 13.6. The van der Waals surface area contributed by atoms with Gasteiger partial charge in [-0.3, -0.25) is 4.79 Å². The quantitative estimate of drug-likeness (QED) is 0.503. The standard InChI is InChI=1S/C22H24FN3O3S3/c1-15-5-10-21(31-15)32(28,29)25-11-3-4-17(12-25)22(27)26(13-19-14-30-16(2)24-19)20-8-6-18(23)7-9-20/h5-10,14,17H,3-4,11-13H2,1-2H3.